The van der Waals surface area contributed by atoms with Gasteiger partial charge in [0, 0.05) is 50.8 Å². The van der Waals surface area contributed by atoms with Crippen molar-refractivity contribution in [1.29, 1.82) is 0 Å². The number of hydrogen-bond acceptors (Lipinski definition) is 4. The molecular formula is C24H26N6O. The minimum atomic E-state index is -0.0239. The molecule has 5 rings (SSSR count). The number of nitrogens with zero attached hydrogens (tertiary/aromatic N) is 5. The molecule has 4 aromatic rings. The molecule has 1 amide bonds. The van der Waals surface area contributed by atoms with Crippen molar-refractivity contribution >= 4 is 22.6 Å². The summed E-state index contributed by atoms with van der Waals surface area (Å²) in [6, 6.07) is 16.3. The quantitative estimate of drug-likeness (QED) is 0.526. The van der Waals surface area contributed by atoms with Gasteiger partial charge in [0.05, 0.1) is 11.4 Å². The highest BCUT2D eigenvalue weighted by molar-refractivity contribution is 5.82. The van der Waals surface area contributed by atoms with Gasteiger partial charge in [-0.15, -0.1) is 0 Å². The minimum absolute atomic E-state index is 0.0239. The molecule has 0 bridgehead atoms. The van der Waals surface area contributed by atoms with Crippen LogP contribution >= 0.6 is 0 Å². The van der Waals surface area contributed by atoms with Gasteiger partial charge in [0.2, 0.25) is 5.91 Å². The Bertz CT molecular complexity index is 1170. The zero-order valence-electron chi connectivity index (χ0n) is 17.4. The lowest BCUT2D eigenvalue weighted by Crippen LogP contribution is -2.44. The third-order valence-corrected chi connectivity index (χ3v) is 5.94. The van der Waals surface area contributed by atoms with Crippen molar-refractivity contribution in [2.75, 3.05) is 24.5 Å². The third-order valence-electron chi connectivity index (χ3n) is 5.94. The van der Waals surface area contributed by atoms with E-state index in [4.69, 9.17) is 0 Å². The number of piperidine rings is 1. The first-order valence-electron chi connectivity index (χ1n) is 10.8. The molecule has 31 heavy (non-hydrogen) atoms. The van der Waals surface area contributed by atoms with Gasteiger partial charge in [-0.3, -0.25) is 4.79 Å². The summed E-state index contributed by atoms with van der Waals surface area (Å²) < 4.78 is 4.15. The van der Waals surface area contributed by atoms with Crippen molar-refractivity contribution in [1.82, 2.24) is 24.4 Å². The second-order valence-electron chi connectivity index (χ2n) is 7.98. The van der Waals surface area contributed by atoms with Gasteiger partial charge < -0.3 is 19.4 Å². The van der Waals surface area contributed by atoms with Gasteiger partial charge in [0.15, 0.2) is 0 Å². The van der Waals surface area contributed by atoms with E-state index in [1.165, 1.54) is 5.39 Å². The lowest BCUT2D eigenvalue weighted by Gasteiger charge is -2.33. The highest BCUT2D eigenvalue weighted by Gasteiger charge is 2.26. The number of carbonyl (C=O) groups is 1. The molecule has 1 saturated heterocycles. The van der Waals surface area contributed by atoms with Gasteiger partial charge in [-0.05, 0) is 42.5 Å². The second kappa shape index (κ2) is 8.63. The summed E-state index contributed by atoms with van der Waals surface area (Å²) in [5.41, 5.74) is 1.12. The Morgan fingerprint density at radius 2 is 1.87 bits per heavy atom. The summed E-state index contributed by atoms with van der Waals surface area (Å²) in [5, 5.41) is 4.27. The van der Waals surface area contributed by atoms with E-state index >= 15 is 0 Å². The average Bonchev–Trinajstić information content (AvgIpc) is 3.49. The van der Waals surface area contributed by atoms with E-state index in [2.05, 4.69) is 47.5 Å². The van der Waals surface area contributed by atoms with Crippen LogP contribution in [0.1, 0.15) is 12.8 Å². The Labute approximate surface area is 181 Å². The number of hydrogen-bond donors (Lipinski definition) is 1. The summed E-state index contributed by atoms with van der Waals surface area (Å²) in [7, 11) is 0. The Morgan fingerprint density at radius 1 is 1.03 bits per heavy atom. The van der Waals surface area contributed by atoms with Crippen molar-refractivity contribution in [2.24, 2.45) is 5.92 Å². The first-order valence-corrected chi connectivity index (χ1v) is 10.8. The number of rotatable bonds is 6. The van der Waals surface area contributed by atoms with Crippen molar-refractivity contribution in [3.05, 3.63) is 73.4 Å². The molecule has 3 aromatic heterocycles. The predicted octanol–water partition coefficient (Wildman–Crippen LogP) is 3.25. The van der Waals surface area contributed by atoms with Crippen LogP contribution in [0.3, 0.4) is 0 Å². The maximum atomic E-state index is 12.7. The van der Waals surface area contributed by atoms with Crippen LogP contribution in [0.4, 0.5) is 5.82 Å². The fourth-order valence-electron chi connectivity index (χ4n) is 4.30. The van der Waals surface area contributed by atoms with E-state index in [1.807, 2.05) is 48.9 Å². The van der Waals surface area contributed by atoms with Crippen LogP contribution in [0.25, 0.3) is 16.7 Å². The smallest absolute Gasteiger partial charge is 0.224 e. The first kappa shape index (κ1) is 19.4. The molecule has 1 aromatic carbocycles. The summed E-state index contributed by atoms with van der Waals surface area (Å²) in [4.78, 5) is 23.9. The maximum Gasteiger partial charge on any atom is 0.224 e. The molecule has 1 atom stereocenters. The molecule has 7 nitrogen and oxygen atoms in total. The van der Waals surface area contributed by atoms with Crippen LogP contribution < -0.4 is 10.2 Å². The molecule has 0 radical (unpaired) electrons. The van der Waals surface area contributed by atoms with E-state index in [-0.39, 0.29) is 11.8 Å². The van der Waals surface area contributed by atoms with E-state index in [0.717, 1.165) is 43.1 Å². The topological polar surface area (TPSA) is 68.0 Å². The summed E-state index contributed by atoms with van der Waals surface area (Å²) in [6.45, 7) is 3.01. The Morgan fingerprint density at radius 3 is 2.77 bits per heavy atom. The van der Waals surface area contributed by atoms with Crippen LogP contribution in [0.2, 0.25) is 0 Å². The fourth-order valence-corrected chi connectivity index (χ4v) is 4.30. The first-order chi connectivity index (χ1) is 15.3. The number of carbonyl (C=O) groups excluding carboxylic acids is 1. The van der Waals surface area contributed by atoms with Crippen molar-refractivity contribution in [2.45, 2.75) is 19.4 Å². The standard InChI is InChI=1S/C24H26N6O/c31-24(25-10-15-28-11-3-4-12-28)20-7-5-13-29(17-20)22-16-23(27-18-26-22)30-14-9-19-6-1-2-8-21(19)30/h1-4,6,8-9,11-12,14,16,18,20H,5,7,10,13,15,17H2,(H,25,31). The molecule has 1 N–H and O–H groups in total. The second-order valence-corrected chi connectivity index (χ2v) is 7.98. The number of amides is 1. The minimum Gasteiger partial charge on any atom is -0.356 e. The highest BCUT2D eigenvalue weighted by atomic mass is 16.1. The van der Waals surface area contributed by atoms with Crippen molar-refractivity contribution < 1.29 is 4.79 Å². The zero-order chi connectivity index (χ0) is 21.0. The number of benzene rings is 1. The zero-order valence-corrected chi connectivity index (χ0v) is 17.4. The van der Waals surface area contributed by atoms with E-state index in [0.29, 0.717) is 13.1 Å². The van der Waals surface area contributed by atoms with Crippen LogP contribution in [0, 0.1) is 5.92 Å². The predicted molar refractivity (Wildman–Crippen MR) is 121 cm³/mol. The van der Waals surface area contributed by atoms with E-state index < -0.39 is 0 Å². The maximum absolute atomic E-state index is 12.7. The largest absolute Gasteiger partial charge is 0.356 e. The lowest BCUT2D eigenvalue weighted by molar-refractivity contribution is -0.125. The molecule has 158 valence electrons. The molecule has 4 heterocycles. The Balaban J connectivity index is 1.27. The van der Waals surface area contributed by atoms with Gasteiger partial charge in [0.1, 0.15) is 18.0 Å². The molecule has 1 fully saturated rings. The number of para-hydroxylation sites is 1. The van der Waals surface area contributed by atoms with Crippen molar-refractivity contribution in [3.63, 3.8) is 0 Å². The molecule has 0 spiro atoms. The SMILES string of the molecule is O=C(NCCn1cccc1)C1CCCN(c2cc(-n3ccc4ccccc43)ncn2)C1. The Kier molecular flexibility index (Phi) is 5.39. The molecule has 1 aliphatic heterocycles. The van der Waals surface area contributed by atoms with Crippen LogP contribution in [-0.4, -0.2) is 44.6 Å². The molecule has 0 saturated carbocycles. The van der Waals surface area contributed by atoms with Gasteiger partial charge in [0.25, 0.3) is 0 Å². The van der Waals surface area contributed by atoms with Crippen LogP contribution in [0.5, 0.6) is 0 Å². The summed E-state index contributed by atoms with van der Waals surface area (Å²) in [6.07, 6.45) is 9.55. The van der Waals surface area contributed by atoms with Gasteiger partial charge >= 0.3 is 0 Å². The summed E-state index contributed by atoms with van der Waals surface area (Å²) >= 11 is 0. The number of nitrogens with one attached hydrogen (secondary N) is 1. The third kappa shape index (κ3) is 4.17. The Hall–Kier alpha value is -3.61. The number of aromatic nitrogens is 4. The number of fused-ring (bicyclic) bond motifs is 1. The monoisotopic (exact) mass is 414 g/mol. The summed E-state index contributed by atoms with van der Waals surface area (Å²) in [5.74, 6) is 1.81. The van der Waals surface area contributed by atoms with E-state index in [1.54, 1.807) is 6.33 Å². The molecule has 1 unspecified atom stereocenters. The van der Waals surface area contributed by atoms with Crippen molar-refractivity contribution in [3.8, 4) is 5.82 Å². The molecule has 7 heteroatoms. The normalized spacial score (nSPS) is 16.5. The molecular weight excluding hydrogens is 388 g/mol. The van der Waals surface area contributed by atoms with Gasteiger partial charge in [-0.25, -0.2) is 9.97 Å². The van der Waals surface area contributed by atoms with E-state index in [9.17, 15) is 4.79 Å². The van der Waals surface area contributed by atoms with Crippen LogP contribution in [-0.2, 0) is 11.3 Å². The lowest BCUT2D eigenvalue weighted by atomic mass is 9.97. The fraction of sp³-hybridized carbons (Fsp3) is 0.292. The van der Waals surface area contributed by atoms with Gasteiger partial charge in [-0.2, -0.15) is 0 Å². The highest BCUT2D eigenvalue weighted by Crippen LogP contribution is 2.24. The molecule has 1 aliphatic rings. The average molecular weight is 415 g/mol. The number of anilines is 1. The van der Waals surface area contributed by atoms with Gasteiger partial charge in [-0.1, -0.05) is 18.2 Å². The van der Waals surface area contributed by atoms with Crippen LogP contribution in [0.15, 0.2) is 73.4 Å². The molecule has 0 aliphatic carbocycles.